The first-order valence-electron chi connectivity index (χ1n) is 7.76. The summed E-state index contributed by atoms with van der Waals surface area (Å²) in [5, 5.41) is 10.4. The monoisotopic (exact) mass is 314 g/mol. The van der Waals surface area contributed by atoms with Crippen molar-refractivity contribution in [3.8, 4) is 5.88 Å². The summed E-state index contributed by atoms with van der Waals surface area (Å²) in [4.78, 5) is 20.4. The smallest absolute Gasteiger partial charge is 0.258 e. The molecule has 3 N–H and O–H groups in total. The van der Waals surface area contributed by atoms with Crippen LogP contribution in [0.1, 0.15) is 39.7 Å². The molecular formula is C15H28N3O2S+. The molecule has 0 aromatic carbocycles. The van der Waals surface area contributed by atoms with E-state index in [4.69, 9.17) is 0 Å². The van der Waals surface area contributed by atoms with Gasteiger partial charge in [-0.1, -0.05) is 25.6 Å². The first-order valence-corrected chi connectivity index (χ1v) is 8.74. The third-order valence-corrected chi connectivity index (χ3v) is 4.51. The van der Waals surface area contributed by atoms with Gasteiger partial charge in [0.2, 0.25) is 5.88 Å². The second-order valence-electron chi connectivity index (χ2n) is 5.66. The minimum atomic E-state index is -0.208. The molecule has 0 unspecified atom stereocenters. The Balaban J connectivity index is 2.64. The topological polar surface area (TPSA) is 70.4 Å². The Morgan fingerprint density at radius 2 is 2.00 bits per heavy atom. The molecule has 0 radical (unpaired) electrons. The summed E-state index contributed by atoms with van der Waals surface area (Å²) in [5.41, 5.74) is 0.197. The Hall–Kier alpha value is -1.01. The van der Waals surface area contributed by atoms with Crippen molar-refractivity contribution in [2.45, 2.75) is 45.7 Å². The maximum Gasteiger partial charge on any atom is 0.258 e. The summed E-state index contributed by atoms with van der Waals surface area (Å²) in [7, 11) is 0. The highest BCUT2D eigenvalue weighted by molar-refractivity contribution is 7.99. The van der Waals surface area contributed by atoms with Crippen molar-refractivity contribution >= 4 is 11.8 Å². The van der Waals surface area contributed by atoms with E-state index < -0.39 is 0 Å². The molecule has 0 fully saturated rings. The van der Waals surface area contributed by atoms with Crippen LogP contribution in [0.3, 0.4) is 0 Å². The van der Waals surface area contributed by atoms with Crippen molar-refractivity contribution in [2.24, 2.45) is 5.92 Å². The molecule has 0 saturated heterocycles. The van der Waals surface area contributed by atoms with E-state index in [2.05, 4.69) is 37.7 Å². The lowest BCUT2D eigenvalue weighted by Crippen LogP contribution is -3.11. The van der Waals surface area contributed by atoms with Crippen molar-refractivity contribution in [3.63, 3.8) is 0 Å². The molecule has 0 spiro atoms. The van der Waals surface area contributed by atoms with Crippen LogP contribution in [0.4, 0.5) is 0 Å². The number of aromatic nitrogens is 2. The van der Waals surface area contributed by atoms with Gasteiger partial charge in [-0.15, -0.1) is 0 Å². The number of aromatic amines is 1. The maximum atomic E-state index is 12.0. The molecule has 1 heterocycles. The summed E-state index contributed by atoms with van der Waals surface area (Å²) in [6.45, 7) is 11.7. The van der Waals surface area contributed by atoms with Crippen LogP contribution >= 0.6 is 11.8 Å². The molecule has 21 heavy (non-hydrogen) atoms. The molecule has 1 aromatic rings. The van der Waals surface area contributed by atoms with Crippen LogP contribution in [0, 0.1) is 5.92 Å². The average molecular weight is 314 g/mol. The van der Waals surface area contributed by atoms with Gasteiger partial charge in [0.05, 0.1) is 31.0 Å². The summed E-state index contributed by atoms with van der Waals surface area (Å²) in [6.07, 6.45) is 1.44. The zero-order valence-electron chi connectivity index (χ0n) is 13.5. The SMILES string of the molecule is CC[NH+](CC)CCSc1nc(O)c(CCC(C)C)c(=O)[nH]1. The van der Waals surface area contributed by atoms with Gasteiger partial charge in [0, 0.05) is 0 Å². The highest BCUT2D eigenvalue weighted by Crippen LogP contribution is 2.18. The predicted molar refractivity (Wildman–Crippen MR) is 87.3 cm³/mol. The third-order valence-electron chi connectivity index (χ3n) is 3.64. The minimum Gasteiger partial charge on any atom is -0.493 e. The number of rotatable bonds is 9. The Bertz CT molecular complexity index is 484. The quantitative estimate of drug-likeness (QED) is 0.471. The zero-order chi connectivity index (χ0) is 15.8. The normalized spacial score (nSPS) is 11.5. The number of aromatic hydroxyl groups is 1. The number of quaternary nitrogens is 1. The highest BCUT2D eigenvalue weighted by atomic mass is 32.2. The van der Waals surface area contributed by atoms with E-state index in [0.717, 1.165) is 31.8 Å². The standard InChI is InChI=1S/C15H27N3O2S/c1-5-18(6-2)9-10-21-15-16-13(19)12(14(20)17-15)8-7-11(3)4/h11H,5-10H2,1-4H3,(H2,16,17,19,20)/p+1. The van der Waals surface area contributed by atoms with Gasteiger partial charge in [0.1, 0.15) is 0 Å². The van der Waals surface area contributed by atoms with E-state index in [0.29, 0.717) is 23.1 Å². The maximum absolute atomic E-state index is 12.0. The fourth-order valence-corrected chi connectivity index (χ4v) is 2.99. The molecule has 6 heteroatoms. The first-order chi connectivity index (χ1) is 9.97. The third kappa shape index (κ3) is 6.09. The van der Waals surface area contributed by atoms with E-state index in [1.54, 1.807) is 0 Å². The lowest BCUT2D eigenvalue weighted by Gasteiger charge is -2.14. The van der Waals surface area contributed by atoms with Crippen molar-refractivity contribution < 1.29 is 10.0 Å². The zero-order valence-corrected chi connectivity index (χ0v) is 14.3. The molecule has 120 valence electrons. The molecule has 1 rings (SSSR count). The van der Waals surface area contributed by atoms with E-state index >= 15 is 0 Å². The summed E-state index contributed by atoms with van der Waals surface area (Å²) >= 11 is 1.49. The fraction of sp³-hybridized carbons (Fsp3) is 0.733. The highest BCUT2D eigenvalue weighted by Gasteiger charge is 2.12. The number of thioether (sulfide) groups is 1. The molecule has 0 atom stereocenters. The second-order valence-corrected chi connectivity index (χ2v) is 6.74. The lowest BCUT2D eigenvalue weighted by atomic mass is 10.0. The summed E-state index contributed by atoms with van der Waals surface area (Å²) < 4.78 is 0. The molecule has 0 aliphatic carbocycles. The van der Waals surface area contributed by atoms with Crippen LogP contribution < -0.4 is 10.5 Å². The van der Waals surface area contributed by atoms with E-state index in [1.165, 1.54) is 16.7 Å². The largest absolute Gasteiger partial charge is 0.493 e. The number of H-pyrrole nitrogens is 1. The van der Waals surface area contributed by atoms with Crippen LogP contribution in [0.25, 0.3) is 0 Å². The van der Waals surface area contributed by atoms with Gasteiger partial charge in [-0.2, -0.15) is 4.98 Å². The van der Waals surface area contributed by atoms with Crippen LogP contribution in [0.5, 0.6) is 5.88 Å². The van der Waals surface area contributed by atoms with Crippen molar-refractivity contribution in [3.05, 3.63) is 15.9 Å². The molecular weight excluding hydrogens is 286 g/mol. The molecule has 0 aliphatic rings. The van der Waals surface area contributed by atoms with Gasteiger partial charge in [0.25, 0.3) is 5.56 Å². The Morgan fingerprint density at radius 1 is 1.33 bits per heavy atom. The number of nitrogens with one attached hydrogen (secondary N) is 2. The van der Waals surface area contributed by atoms with E-state index in [-0.39, 0.29) is 11.4 Å². The van der Waals surface area contributed by atoms with E-state index in [1.807, 2.05) is 0 Å². The van der Waals surface area contributed by atoms with Gasteiger partial charge in [0.15, 0.2) is 5.16 Å². The number of hydrogen-bond donors (Lipinski definition) is 3. The van der Waals surface area contributed by atoms with Crippen LogP contribution in [-0.2, 0) is 6.42 Å². The molecule has 1 aromatic heterocycles. The minimum absolute atomic E-state index is 0.114. The van der Waals surface area contributed by atoms with Gasteiger partial charge in [-0.05, 0) is 32.6 Å². The lowest BCUT2D eigenvalue weighted by molar-refractivity contribution is -0.893. The van der Waals surface area contributed by atoms with Crippen LogP contribution in [-0.4, -0.2) is 40.5 Å². The van der Waals surface area contributed by atoms with E-state index in [9.17, 15) is 9.90 Å². The van der Waals surface area contributed by atoms with Gasteiger partial charge in [-0.3, -0.25) is 4.79 Å². The average Bonchev–Trinajstić information content (AvgIpc) is 2.42. The molecule has 0 saturated carbocycles. The fourth-order valence-electron chi connectivity index (χ4n) is 2.09. The first kappa shape index (κ1) is 18.0. The summed E-state index contributed by atoms with van der Waals surface area (Å²) in [5.74, 6) is 1.26. The van der Waals surface area contributed by atoms with Crippen molar-refractivity contribution in [1.82, 2.24) is 9.97 Å². The Morgan fingerprint density at radius 3 is 2.52 bits per heavy atom. The van der Waals surface area contributed by atoms with Crippen molar-refractivity contribution in [1.29, 1.82) is 0 Å². The second kappa shape index (κ2) is 9.10. The molecule has 5 nitrogen and oxygen atoms in total. The van der Waals surface area contributed by atoms with Crippen molar-refractivity contribution in [2.75, 3.05) is 25.4 Å². The van der Waals surface area contributed by atoms with Crippen LogP contribution in [0.2, 0.25) is 0 Å². The molecule has 0 bridgehead atoms. The molecule has 0 amide bonds. The molecule has 0 aliphatic heterocycles. The predicted octanol–water partition coefficient (Wildman–Crippen LogP) is 1.08. The van der Waals surface area contributed by atoms with Gasteiger partial charge in [-0.25, -0.2) is 0 Å². The summed E-state index contributed by atoms with van der Waals surface area (Å²) in [6, 6.07) is 0. The van der Waals surface area contributed by atoms with Gasteiger partial charge < -0.3 is 15.0 Å². The van der Waals surface area contributed by atoms with Gasteiger partial charge >= 0.3 is 0 Å². The number of hydrogen-bond acceptors (Lipinski definition) is 4. The Labute approximate surface area is 131 Å². The Kier molecular flexibility index (Phi) is 7.82. The van der Waals surface area contributed by atoms with Crippen LogP contribution in [0.15, 0.2) is 9.95 Å². The number of nitrogens with zero attached hydrogens (tertiary/aromatic N) is 1.